The first kappa shape index (κ1) is 21.1. The zero-order valence-corrected chi connectivity index (χ0v) is 15.7. The first-order valence-electron chi connectivity index (χ1n) is 9.00. The number of anilines is 1. The van der Waals surface area contributed by atoms with Gasteiger partial charge in [0.05, 0.1) is 34.9 Å². The molecule has 0 aliphatic carbocycles. The molecule has 0 saturated heterocycles. The average molecular weight is 413 g/mol. The molecule has 0 aromatic heterocycles. The summed E-state index contributed by atoms with van der Waals surface area (Å²) in [5.41, 5.74) is 2.30. The molecule has 0 atom stereocenters. The Bertz CT molecular complexity index is 999. The molecule has 0 aliphatic heterocycles. The molecule has 3 aromatic carbocycles. The Morgan fingerprint density at radius 1 is 0.633 bits per heavy atom. The molecule has 9 heteroatoms. The van der Waals surface area contributed by atoms with Crippen molar-refractivity contribution in [2.24, 2.45) is 20.5 Å². The summed E-state index contributed by atoms with van der Waals surface area (Å²) in [5.74, 6) is 0. The molecule has 0 fully saturated rings. The molecular formula is C21H18F3N5O. The van der Waals surface area contributed by atoms with Gasteiger partial charge in [-0.05, 0) is 72.8 Å². The lowest BCUT2D eigenvalue weighted by atomic mass is 10.2. The van der Waals surface area contributed by atoms with Crippen LogP contribution in [0, 0.1) is 0 Å². The summed E-state index contributed by atoms with van der Waals surface area (Å²) in [5, 5.41) is 28.1. The van der Waals surface area contributed by atoms with Gasteiger partial charge in [-0.2, -0.15) is 33.6 Å². The fourth-order valence-corrected chi connectivity index (χ4v) is 2.38. The van der Waals surface area contributed by atoms with Crippen LogP contribution in [0.1, 0.15) is 5.56 Å². The normalized spacial score (nSPS) is 12.0. The van der Waals surface area contributed by atoms with E-state index < -0.39 is 11.7 Å². The number of aliphatic hydroxyl groups excluding tert-OH is 1. The Labute approximate surface area is 170 Å². The van der Waals surface area contributed by atoms with Crippen molar-refractivity contribution < 1.29 is 18.3 Å². The Hall–Kier alpha value is -3.59. The zero-order chi connectivity index (χ0) is 21.4. The lowest BCUT2D eigenvalue weighted by Crippen LogP contribution is -2.04. The standard InChI is InChI=1S/C21H18F3N5O/c22-21(23,24)15-1-3-17(4-2-15)26-28-19-9-11-20(12-10-19)29-27-18-7-5-16(6-8-18)25-13-14-30/h1-12,25,30H,13-14H2. The van der Waals surface area contributed by atoms with Crippen molar-refractivity contribution in [2.45, 2.75) is 6.18 Å². The van der Waals surface area contributed by atoms with E-state index in [1.54, 1.807) is 36.4 Å². The predicted octanol–water partition coefficient (Wildman–Crippen LogP) is 6.94. The van der Waals surface area contributed by atoms with Gasteiger partial charge in [0.1, 0.15) is 0 Å². The van der Waals surface area contributed by atoms with Crippen LogP contribution in [0.5, 0.6) is 0 Å². The van der Waals surface area contributed by atoms with Crippen LogP contribution >= 0.6 is 0 Å². The molecular weight excluding hydrogens is 395 g/mol. The third-order valence-electron chi connectivity index (χ3n) is 3.91. The summed E-state index contributed by atoms with van der Waals surface area (Å²) in [7, 11) is 0. The highest BCUT2D eigenvalue weighted by Crippen LogP contribution is 2.31. The fourth-order valence-electron chi connectivity index (χ4n) is 2.38. The van der Waals surface area contributed by atoms with Crippen molar-refractivity contribution in [3.63, 3.8) is 0 Å². The summed E-state index contributed by atoms with van der Waals surface area (Å²) in [4.78, 5) is 0. The van der Waals surface area contributed by atoms with Gasteiger partial charge in [0, 0.05) is 12.2 Å². The van der Waals surface area contributed by atoms with Gasteiger partial charge in [-0.1, -0.05) is 0 Å². The van der Waals surface area contributed by atoms with E-state index in [0.29, 0.717) is 29.3 Å². The second-order valence-electron chi connectivity index (χ2n) is 6.16. The lowest BCUT2D eigenvalue weighted by Gasteiger charge is -2.05. The number of rotatable bonds is 7. The first-order valence-corrected chi connectivity index (χ1v) is 9.00. The van der Waals surface area contributed by atoms with E-state index in [0.717, 1.165) is 17.8 Å². The van der Waals surface area contributed by atoms with E-state index in [-0.39, 0.29) is 6.61 Å². The fraction of sp³-hybridized carbons (Fsp3) is 0.143. The highest BCUT2D eigenvalue weighted by atomic mass is 19.4. The summed E-state index contributed by atoms with van der Waals surface area (Å²) >= 11 is 0. The number of aliphatic hydroxyl groups is 1. The molecule has 0 aliphatic rings. The molecule has 0 spiro atoms. The highest BCUT2D eigenvalue weighted by molar-refractivity contribution is 5.52. The first-order chi connectivity index (χ1) is 14.4. The Balaban J connectivity index is 1.59. The van der Waals surface area contributed by atoms with Crippen molar-refractivity contribution in [2.75, 3.05) is 18.5 Å². The molecule has 0 amide bonds. The van der Waals surface area contributed by atoms with Crippen molar-refractivity contribution in [3.05, 3.63) is 78.4 Å². The SMILES string of the molecule is OCCNc1ccc(N=Nc2ccc(N=Nc3ccc(C(F)(F)F)cc3)cc2)cc1. The second-order valence-corrected chi connectivity index (χ2v) is 6.16. The molecule has 3 rings (SSSR count). The van der Waals surface area contributed by atoms with Crippen LogP contribution < -0.4 is 5.32 Å². The summed E-state index contributed by atoms with van der Waals surface area (Å²) in [6.07, 6.45) is -4.38. The Kier molecular flexibility index (Phi) is 6.87. The van der Waals surface area contributed by atoms with Gasteiger partial charge in [-0.3, -0.25) is 0 Å². The maximum atomic E-state index is 12.6. The largest absolute Gasteiger partial charge is 0.416 e. The molecule has 0 radical (unpaired) electrons. The summed E-state index contributed by atoms with van der Waals surface area (Å²) in [6.45, 7) is 0.533. The van der Waals surface area contributed by atoms with Crippen molar-refractivity contribution >= 4 is 28.4 Å². The average Bonchev–Trinajstić information content (AvgIpc) is 2.76. The maximum absolute atomic E-state index is 12.6. The highest BCUT2D eigenvalue weighted by Gasteiger charge is 2.29. The third-order valence-corrected chi connectivity index (χ3v) is 3.91. The van der Waals surface area contributed by atoms with Gasteiger partial charge in [0.15, 0.2) is 0 Å². The zero-order valence-electron chi connectivity index (χ0n) is 15.7. The van der Waals surface area contributed by atoms with E-state index >= 15 is 0 Å². The van der Waals surface area contributed by atoms with Gasteiger partial charge >= 0.3 is 6.18 Å². The molecule has 2 N–H and O–H groups in total. The number of nitrogens with zero attached hydrogens (tertiary/aromatic N) is 4. The molecule has 154 valence electrons. The molecule has 3 aromatic rings. The second kappa shape index (κ2) is 9.75. The van der Waals surface area contributed by atoms with Crippen LogP contribution in [-0.4, -0.2) is 18.3 Å². The van der Waals surface area contributed by atoms with Crippen LogP contribution in [0.3, 0.4) is 0 Å². The molecule has 30 heavy (non-hydrogen) atoms. The lowest BCUT2D eigenvalue weighted by molar-refractivity contribution is -0.137. The molecule has 6 nitrogen and oxygen atoms in total. The summed E-state index contributed by atoms with van der Waals surface area (Å²) < 4.78 is 37.7. The van der Waals surface area contributed by atoms with Crippen LogP contribution in [0.25, 0.3) is 0 Å². The number of nitrogens with one attached hydrogen (secondary N) is 1. The Morgan fingerprint density at radius 3 is 1.37 bits per heavy atom. The minimum atomic E-state index is -4.38. The van der Waals surface area contributed by atoms with Gasteiger partial charge in [0.25, 0.3) is 0 Å². The van der Waals surface area contributed by atoms with Crippen molar-refractivity contribution in [3.8, 4) is 0 Å². The summed E-state index contributed by atoms with van der Waals surface area (Å²) in [6, 6.07) is 18.5. The predicted molar refractivity (Wildman–Crippen MR) is 108 cm³/mol. The molecule has 0 bridgehead atoms. The smallest absolute Gasteiger partial charge is 0.395 e. The minimum absolute atomic E-state index is 0.0569. The Morgan fingerprint density at radius 2 is 1.00 bits per heavy atom. The van der Waals surface area contributed by atoms with Crippen molar-refractivity contribution in [1.29, 1.82) is 0 Å². The van der Waals surface area contributed by atoms with Gasteiger partial charge in [0.2, 0.25) is 0 Å². The number of azo groups is 2. The number of hydrogen-bond donors (Lipinski definition) is 2. The minimum Gasteiger partial charge on any atom is -0.395 e. The third kappa shape index (κ3) is 6.21. The monoisotopic (exact) mass is 413 g/mol. The van der Waals surface area contributed by atoms with Gasteiger partial charge in [-0.25, -0.2) is 0 Å². The molecule has 0 unspecified atom stereocenters. The quantitative estimate of drug-likeness (QED) is 0.411. The van der Waals surface area contributed by atoms with E-state index in [9.17, 15) is 13.2 Å². The van der Waals surface area contributed by atoms with E-state index in [2.05, 4.69) is 25.8 Å². The van der Waals surface area contributed by atoms with Crippen molar-refractivity contribution in [1.82, 2.24) is 0 Å². The number of benzene rings is 3. The molecule has 0 saturated carbocycles. The van der Waals surface area contributed by atoms with E-state index in [4.69, 9.17) is 5.11 Å². The van der Waals surface area contributed by atoms with Crippen LogP contribution in [0.15, 0.2) is 93.3 Å². The number of alkyl halides is 3. The van der Waals surface area contributed by atoms with Crippen LogP contribution in [-0.2, 0) is 6.18 Å². The van der Waals surface area contributed by atoms with Crippen LogP contribution in [0.4, 0.5) is 41.6 Å². The maximum Gasteiger partial charge on any atom is 0.416 e. The van der Waals surface area contributed by atoms with E-state index in [1.807, 2.05) is 12.1 Å². The number of halogens is 3. The topological polar surface area (TPSA) is 81.7 Å². The van der Waals surface area contributed by atoms with Crippen LogP contribution in [0.2, 0.25) is 0 Å². The molecule has 0 heterocycles. The van der Waals surface area contributed by atoms with E-state index in [1.165, 1.54) is 12.1 Å². The number of hydrogen-bond acceptors (Lipinski definition) is 6. The van der Waals surface area contributed by atoms with Gasteiger partial charge in [-0.15, -0.1) is 0 Å². The van der Waals surface area contributed by atoms with Gasteiger partial charge < -0.3 is 10.4 Å².